The van der Waals surface area contributed by atoms with Crippen LogP contribution in [0.4, 0.5) is 0 Å². The lowest BCUT2D eigenvalue weighted by molar-refractivity contribution is -0.131. The number of Topliss-reactive ketones (excluding diaryl/α,β-unsaturated/α-hetero) is 1. The smallest absolute Gasteiger partial charge is 0.228 e. The van der Waals surface area contributed by atoms with Gasteiger partial charge in [-0.2, -0.15) is 0 Å². The summed E-state index contributed by atoms with van der Waals surface area (Å²) in [7, 11) is 0. The zero-order valence-electron chi connectivity index (χ0n) is 7.76. The van der Waals surface area contributed by atoms with Gasteiger partial charge in [-0.15, -0.1) is 0 Å². The lowest BCUT2D eigenvalue weighted by Crippen LogP contribution is -2.13. The molecule has 0 aliphatic rings. The van der Waals surface area contributed by atoms with Gasteiger partial charge in [0, 0.05) is 0 Å². The third kappa shape index (κ3) is 2.82. The van der Waals surface area contributed by atoms with Gasteiger partial charge in [-0.05, 0) is 31.9 Å². The molecule has 66 valence electrons. The van der Waals surface area contributed by atoms with Gasteiger partial charge in [-0.3, -0.25) is 9.59 Å². The molecule has 2 nitrogen and oxygen atoms in total. The highest BCUT2D eigenvalue weighted by Crippen LogP contribution is 2.02. The second kappa shape index (κ2) is 5.47. The van der Waals surface area contributed by atoms with Crippen molar-refractivity contribution >= 4 is 11.6 Å². The molecule has 0 saturated carbocycles. The number of rotatable bonds is 4. The molecular formula is C10H14O2. The summed E-state index contributed by atoms with van der Waals surface area (Å²) in [4.78, 5) is 22.3. The molecular weight excluding hydrogens is 152 g/mol. The molecule has 0 aliphatic heterocycles. The first kappa shape index (κ1) is 10.8. The molecule has 0 bridgehead atoms. The molecule has 0 unspecified atom stereocenters. The van der Waals surface area contributed by atoms with Crippen LogP contribution in [0.25, 0.3) is 0 Å². The third-order valence-corrected chi connectivity index (χ3v) is 1.56. The first-order chi connectivity index (χ1) is 5.67. The lowest BCUT2D eigenvalue weighted by Gasteiger charge is -1.97. The van der Waals surface area contributed by atoms with Gasteiger partial charge in [0.05, 0.1) is 0 Å². The van der Waals surface area contributed by atoms with Crippen LogP contribution < -0.4 is 0 Å². The standard InChI is InChI=1S/C10H14O2/c1-4-7-9(11)10(12)8(5-2)6-3/h4-5,7H,6H2,1-3H3/b7-4+,8-5+. The van der Waals surface area contributed by atoms with Crippen molar-refractivity contribution in [2.75, 3.05) is 0 Å². The Morgan fingerprint density at radius 2 is 1.83 bits per heavy atom. The molecule has 0 radical (unpaired) electrons. The van der Waals surface area contributed by atoms with Crippen molar-refractivity contribution in [1.29, 1.82) is 0 Å². The summed E-state index contributed by atoms with van der Waals surface area (Å²) in [6.45, 7) is 5.34. The minimum atomic E-state index is -0.438. The first-order valence-electron chi connectivity index (χ1n) is 4.03. The van der Waals surface area contributed by atoms with E-state index in [1.54, 1.807) is 26.0 Å². The van der Waals surface area contributed by atoms with E-state index in [0.717, 1.165) is 0 Å². The number of ketones is 2. The van der Waals surface area contributed by atoms with Crippen LogP contribution in [-0.4, -0.2) is 11.6 Å². The Bertz CT molecular complexity index is 234. The van der Waals surface area contributed by atoms with Gasteiger partial charge >= 0.3 is 0 Å². The average molecular weight is 166 g/mol. The molecule has 2 heteroatoms. The number of allylic oxidation sites excluding steroid dienone is 4. The molecule has 0 fully saturated rings. The number of carbonyl (C=O) groups excluding carboxylic acids is 2. The fourth-order valence-corrected chi connectivity index (χ4v) is 0.881. The zero-order chi connectivity index (χ0) is 9.56. The lowest BCUT2D eigenvalue weighted by atomic mass is 10.1. The molecule has 0 saturated heterocycles. The molecule has 0 N–H and O–H groups in total. The van der Waals surface area contributed by atoms with Crippen molar-refractivity contribution in [3.8, 4) is 0 Å². The maximum Gasteiger partial charge on any atom is 0.228 e. The van der Waals surface area contributed by atoms with Crippen LogP contribution in [0.3, 0.4) is 0 Å². The molecule has 0 amide bonds. The van der Waals surface area contributed by atoms with E-state index < -0.39 is 11.6 Å². The number of carbonyl (C=O) groups is 2. The second-order valence-corrected chi connectivity index (χ2v) is 2.36. The number of hydrogen-bond acceptors (Lipinski definition) is 2. The minimum absolute atomic E-state index is 0.391. The zero-order valence-corrected chi connectivity index (χ0v) is 7.76. The fourth-order valence-electron chi connectivity index (χ4n) is 0.881. The molecule has 12 heavy (non-hydrogen) atoms. The van der Waals surface area contributed by atoms with E-state index in [2.05, 4.69) is 0 Å². The quantitative estimate of drug-likeness (QED) is 0.473. The molecule has 0 aliphatic carbocycles. The summed E-state index contributed by atoms with van der Waals surface area (Å²) in [6, 6.07) is 0. The largest absolute Gasteiger partial charge is 0.286 e. The van der Waals surface area contributed by atoms with Gasteiger partial charge in [0.25, 0.3) is 0 Å². The fraction of sp³-hybridized carbons (Fsp3) is 0.400. The van der Waals surface area contributed by atoms with Gasteiger partial charge in [-0.25, -0.2) is 0 Å². The van der Waals surface area contributed by atoms with Gasteiger partial charge < -0.3 is 0 Å². The third-order valence-electron chi connectivity index (χ3n) is 1.56. The highest BCUT2D eigenvalue weighted by atomic mass is 16.2. The maximum absolute atomic E-state index is 11.2. The van der Waals surface area contributed by atoms with Crippen LogP contribution >= 0.6 is 0 Å². The molecule has 0 rings (SSSR count). The predicted octanol–water partition coefficient (Wildman–Crippen LogP) is 2.06. The topological polar surface area (TPSA) is 34.1 Å². The summed E-state index contributed by atoms with van der Waals surface area (Å²) >= 11 is 0. The van der Waals surface area contributed by atoms with Gasteiger partial charge in [-0.1, -0.05) is 19.1 Å². The minimum Gasteiger partial charge on any atom is -0.286 e. The van der Waals surface area contributed by atoms with Gasteiger partial charge in [0.2, 0.25) is 11.6 Å². The molecule has 0 aromatic rings. The maximum atomic E-state index is 11.2. The summed E-state index contributed by atoms with van der Waals surface area (Å²) in [5, 5.41) is 0. The Labute approximate surface area is 73.0 Å². The van der Waals surface area contributed by atoms with Crippen molar-refractivity contribution < 1.29 is 9.59 Å². The normalized spacial score (nSPS) is 12.1. The summed E-state index contributed by atoms with van der Waals surface area (Å²) < 4.78 is 0. The van der Waals surface area contributed by atoms with Crippen LogP contribution in [0.2, 0.25) is 0 Å². The SMILES string of the molecule is C/C=C/C(=O)C(=O)/C(=C/C)CC. The van der Waals surface area contributed by atoms with Crippen molar-refractivity contribution in [3.05, 3.63) is 23.8 Å². The van der Waals surface area contributed by atoms with Crippen molar-refractivity contribution in [1.82, 2.24) is 0 Å². The monoisotopic (exact) mass is 166 g/mol. The van der Waals surface area contributed by atoms with E-state index in [1.807, 2.05) is 6.92 Å². The Morgan fingerprint density at radius 1 is 1.25 bits per heavy atom. The Kier molecular flexibility index (Phi) is 4.93. The van der Waals surface area contributed by atoms with E-state index in [-0.39, 0.29) is 0 Å². The van der Waals surface area contributed by atoms with Gasteiger partial charge in [0.1, 0.15) is 0 Å². The summed E-state index contributed by atoms with van der Waals surface area (Å²) in [5.74, 6) is -0.828. The summed E-state index contributed by atoms with van der Waals surface area (Å²) in [5.41, 5.74) is 0.582. The van der Waals surface area contributed by atoms with Crippen LogP contribution in [0, 0.1) is 0 Å². The highest BCUT2D eigenvalue weighted by molar-refractivity contribution is 6.47. The first-order valence-corrected chi connectivity index (χ1v) is 4.03. The molecule has 0 atom stereocenters. The van der Waals surface area contributed by atoms with Crippen LogP contribution in [-0.2, 0) is 9.59 Å². The highest BCUT2D eigenvalue weighted by Gasteiger charge is 2.12. The van der Waals surface area contributed by atoms with Crippen molar-refractivity contribution in [3.63, 3.8) is 0 Å². The van der Waals surface area contributed by atoms with E-state index in [9.17, 15) is 9.59 Å². The van der Waals surface area contributed by atoms with E-state index in [4.69, 9.17) is 0 Å². The molecule has 0 aromatic carbocycles. The van der Waals surface area contributed by atoms with E-state index >= 15 is 0 Å². The molecule has 0 heterocycles. The van der Waals surface area contributed by atoms with E-state index in [1.165, 1.54) is 6.08 Å². The van der Waals surface area contributed by atoms with Crippen molar-refractivity contribution in [2.45, 2.75) is 27.2 Å². The Hall–Kier alpha value is -1.18. The predicted molar refractivity (Wildman–Crippen MR) is 48.9 cm³/mol. The molecule has 0 aromatic heterocycles. The van der Waals surface area contributed by atoms with Crippen molar-refractivity contribution in [2.24, 2.45) is 0 Å². The van der Waals surface area contributed by atoms with Gasteiger partial charge in [0.15, 0.2) is 0 Å². The number of hydrogen-bond donors (Lipinski definition) is 0. The summed E-state index contributed by atoms with van der Waals surface area (Å²) in [6.07, 6.45) is 5.16. The Balaban J connectivity index is 4.49. The van der Waals surface area contributed by atoms with Crippen LogP contribution in [0.15, 0.2) is 23.8 Å². The van der Waals surface area contributed by atoms with Crippen LogP contribution in [0.1, 0.15) is 27.2 Å². The second-order valence-electron chi connectivity index (χ2n) is 2.36. The van der Waals surface area contributed by atoms with Crippen LogP contribution in [0.5, 0.6) is 0 Å². The Morgan fingerprint density at radius 3 is 2.17 bits per heavy atom. The average Bonchev–Trinajstić information content (AvgIpc) is 2.07. The molecule has 0 spiro atoms. The van der Waals surface area contributed by atoms with E-state index in [0.29, 0.717) is 12.0 Å².